The van der Waals surface area contributed by atoms with Crippen LogP contribution in [0.2, 0.25) is 5.02 Å². The van der Waals surface area contributed by atoms with E-state index in [2.05, 4.69) is 4.74 Å². The molecule has 0 aliphatic carbocycles. The SMILES string of the molecule is COC(=O)Cc1c(Cl)c(OP)cc(OP)c1C(=O)O. The van der Waals surface area contributed by atoms with Gasteiger partial charge in [-0.25, -0.2) is 4.79 Å². The minimum Gasteiger partial charge on any atom is -0.479 e. The number of carbonyl (C=O) groups is 2. The molecule has 0 radical (unpaired) electrons. The van der Waals surface area contributed by atoms with E-state index in [1.165, 1.54) is 13.2 Å². The Balaban J connectivity index is 3.52. The quantitative estimate of drug-likeness (QED) is 0.659. The zero-order valence-corrected chi connectivity index (χ0v) is 12.9. The van der Waals surface area contributed by atoms with Gasteiger partial charge in [0, 0.05) is 11.6 Å². The highest BCUT2D eigenvalue weighted by molar-refractivity contribution is 7.10. The molecule has 0 bridgehead atoms. The molecular weight excluding hydrogens is 314 g/mol. The zero-order chi connectivity index (χ0) is 14.6. The Kier molecular flexibility index (Phi) is 5.80. The number of halogens is 1. The van der Waals surface area contributed by atoms with Crippen LogP contribution in [0.15, 0.2) is 6.07 Å². The van der Waals surface area contributed by atoms with Crippen LogP contribution in [0, 0.1) is 0 Å². The van der Waals surface area contributed by atoms with Crippen LogP contribution in [0.5, 0.6) is 11.5 Å². The lowest BCUT2D eigenvalue weighted by molar-refractivity contribution is -0.139. The number of rotatable bonds is 5. The van der Waals surface area contributed by atoms with E-state index in [1.54, 1.807) is 0 Å². The van der Waals surface area contributed by atoms with Crippen molar-refractivity contribution >= 4 is 42.5 Å². The minimum absolute atomic E-state index is 0.0123. The first kappa shape index (κ1) is 16.0. The first-order valence-corrected chi connectivity index (χ1v) is 6.17. The molecule has 2 unspecified atom stereocenters. The number of carboxylic acids is 1. The average Bonchev–Trinajstić information content (AvgIpc) is 2.39. The lowest BCUT2D eigenvalue weighted by Gasteiger charge is -2.14. The van der Waals surface area contributed by atoms with Crippen LogP contribution in [0.3, 0.4) is 0 Å². The summed E-state index contributed by atoms with van der Waals surface area (Å²) >= 11 is 6.02. The highest BCUT2D eigenvalue weighted by Gasteiger charge is 2.25. The van der Waals surface area contributed by atoms with E-state index in [9.17, 15) is 14.7 Å². The van der Waals surface area contributed by atoms with Crippen LogP contribution < -0.4 is 9.05 Å². The zero-order valence-electron chi connectivity index (χ0n) is 9.81. The van der Waals surface area contributed by atoms with Crippen LogP contribution in [0.4, 0.5) is 0 Å². The number of hydrogen-bond donors (Lipinski definition) is 1. The Morgan fingerprint density at radius 1 is 1.32 bits per heavy atom. The second-order valence-corrected chi connectivity index (χ2v) is 4.18. The van der Waals surface area contributed by atoms with Crippen molar-refractivity contribution < 1.29 is 28.5 Å². The van der Waals surface area contributed by atoms with Crippen LogP contribution >= 0.6 is 30.5 Å². The van der Waals surface area contributed by atoms with E-state index >= 15 is 0 Å². The third-order valence-electron chi connectivity index (χ3n) is 2.31. The van der Waals surface area contributed by atoms with Crippen LogP contribution in [-0.2, 0) is 16.0 Å². The van der Waals surface area contributed by atoms with Crippen molar-refractivity contribution in [2.75, 3.05) is 7.11 Å². The summed E-state index contributed by atoms with van der Waals surface area (Å²) in [5.41, 5.74) is -0.144. The largest absolute Gasteiger partial charge is 0.479 e. The molecule has 0 saturated heterocycles. The second-order valence-electron chi connectivity index (χ2n) is 3.33. The smallest absolute Gasteiger partial charge is 0.339 e. The molecule has 1 aromatic carbocycles. The Morgan fingerprint density at radius 3 is 2.32 bits per heavy atom. The molecule has 9 heteroatoms. The molecule has 19 heavy (non-hydrogen) atoms. The molecular formula is C10H11ClO6P2. The van der Waals surface area contributed by atoms with Gasteiger partial charge >= 0.3 is 11.9 Å². The van der Waals surface area contributed by atoms with Crippen LogP contribution in [0.25, 0.3) is 0 Å². The van der Waals surface area contributed by atoms with E-state index in [1.807, 2.05) is 18.9 Å². The normalized spacial score (nSPS) is 9.89. The van der Waals surface area contributed by atoms with E-state index in [0.29, 0.717) is 0 Å². The van der Waals surface area contributed by atoms with Crippen molar-refractivity contribution in [3.63, 3.8) is 0 Å². The van der Waals surface area contributed by atoms with Gasteiger partial charge in [-0.2, -0.15) is 0 Å². The molecule has 6 nitrogen and oxygen atoms in total. The standard InChI is InChI=1S/C10H11ClO6P2/c1-15-7(12)2-4-8(10(13)14)5(16-18)3-6(17-19)9(4)11/h3H,2,18-19H2,1H3,(H,13,14). The number of carboxylic acid groups (broad SMARTS) is 1. The van der Waals surface area contributed by atoms with Gasteiger partial charge in [-0.05, 0) is 0 Å². The minimum atomic E-state index is -1.27. The third-order valence-corrected chi connectivity index (χ3v) is 3.23. The molecule has 0 aromatic heterocycles. The summed E-state index contributed by atoms with van der Waals surface area (Å²) < 4.78 is 14.3. The number of benzene rings is 1. The predicted molar refractivity (Wildman–Crippen MR) is 74.8 cm³/mol. The van der Waals surface area contributed by atoms with Crippen molar-refractivity contribution in [3.8, 4) is 11.5 Å². The maximum absolute atomic E-state index is 11.3. The summed E-state index contributed by atoms with van der Waals surface area (Å²) in [6.45, 7) is 0. The molecule has 0 saturated carbocycles. The molecule has 0 amide bonds. The Morgan fingerprint density at radius 2 is 1.89 bits per heavy atom. The topological polar surface area (TPSA) is 82.1 Å². The monoisotopic (exact) mass is 324 g/mol. The Labute approximate surface area is 118 Å². The second kappa shape index (κ2) is 6.90. The summed E-state index contributed by atoms with van der Waals surface area (Å²) in [6.07, 6.45) is -0.306. The van der Waals surface area contributed by atoms with Gasteiger partial charge < -0.3 is 18.9 Å². The van der Waals surface area contributed by atoms with E-state index < -0.39 is 11.9 Å². The Bertz CT molecular complexity index is 519. The molecule has 1 N–H and O–H groups in total. The van der Waals surface area contributed by atoms with Crippen LogP contribution in [-0.4, -0.2) is 24.2 Å². The van der Waals surface area contributed by atoms with Gasteiger partial charge in [-0.15, -0.1) is 0 Å². The first-order chi connectivity index (χ1) is 8.96. The molecule has 1 rings (SSSR count). The molecule has 0 fully saturated rings. The van der Waals surface area contributed by atoms with Crippen molar-refractivity contribution in [1.29, 1.82) is 0 Å². The summed E-state index contributed by atoms with van der Waals surface area (Å²) in [5, 5.41) is 9.22. The third kappa shape index (κ3) is 3.47. The fourth-order valence-electron chi connectivity index (χ4n) is 1.46. The van der Waals surface area contributed by atoms with E-state index in [4.69, 9.17) is 20.6 Å². The molecule has 0 aliphatic heterocycles. The lowest BCUT2D eigenvalue weighted by atomic mass is 10.0. The number of esters is 1. The fourth-order valence-corrected chi connectivity index (χ4v) is 2.16. The first-order valence-electron chi connectivity index (χ1n) is 4.85. The van der Waals surface area contributed by atoms with Crippen LogP contribution in [0.1, 0.15) is 15.9 Å². The van der Waals surface area contributed by atoms with E-state index in [0.717, 1.165) is 0 Å². The highest BCUT2D eigenvalue weighted by Crippen LogP contribution is 2.39. The maximum atomic E-state index is 11.3. The van der Waals surface area contributed by atoms with Gasteiger partial charge in [-0.3, -0.25) is 4.79 Å². The molecule has 0 aliphatic rings. The van der Waals surface area contributed by atoms with Crippen molar-refractivity contribution in [2.45, 2.75) is 6.42 Å². The highest BCUT2D eigenvalue weighted by atomic mass is 35.5. The molecule has 1 aromatic rings. The fraction of sp³-hybridized carbons (Fsp3) is 0.200. The predicted octanol–water partition coefficient (Wildman–Crippen LogP) is 2.09. The summed E-state index contributed by atoms with van der Waals surface area (Å²) in [6, 6.07) is 1.31. The Hall–Kier alpha value is -1.09. The van der Waals surface area contributed by atoms with E-state index in [-0.39, 0.29) is 34.1 Å². The molecule has 104 valence electrons. The molecule has 0 heterocycles. The summed E-state index contributed by atoms with van der Waals surface area (Å²) in [4.78, 5) is 22.6. The average molecular weight is 325 g/mol. The summed E-state index contributed by atoms with van der Waals surface area (Å²) in [5.74, 6) is -1.71. The number of carbonyl (C=O) groups excluding carboxylic acids is 1. The van der Waals surface area contributed by atoms with Crippen molar-refractivity contribution in [1.82, 2.24) is 0 Å². The number of hydrogen-bond acceptors (Lipinski definition) is 5. The van der Waals surface area contributed by atoms with Gasteiger partial charge in [0.2, 0.25) is 0 Å². The van der Waals surface area contributed by atoms with Gasteiger partial charge in [0.25, 0.3) is 0 Å². The van der Waals surface area contributed by atoms with Gasteiger partial charge in [0.05, 0.1) is 37.5 Å². The van der Waals surface area contributed by atoms with Gasteiger partial charge in [0.15, 0.2) is 0 Å². The van der Waals surface area contributed by atoms with Gasteiger partial charge in [0.1, 0.15) is 17.1 Å². The molecule has 0 spiro atoms. The number of aromatic carboxylic acids is 1. The summed E-state index contributed by atoms with van der Waals surface area (Å²) in [7, 11) is 5.10. The maximum Gasteiger partial charge on any atom is 0.339 e. The number of ether oxygens (including phenoxy) is 1. The lowest BCUT2D eigenvalue weighted by Crippen LogP contribution is -2.12. The van der Waals surface area contributed by atoms with Crippen molar-refractivity contribution in [3.05, 3.63) is 22.2 Å². The number of methoxy groups -OCH3 is 1. The molecule has 2 atom stereocenters. The van der Waals surface area contributed by atoms with Crippen molar-refractivity contribution in [2.24, 2.45) is 0 Å². The van der Waals surface area contributed by atoms with Gasteiger partial charge in [-0.1, -0.05) is 11.6 Å².